The number of aromatic nitrogens is 1. The molecule has 1 aromatic heterocycles. The largest absolute Gasteiger partial charge is 0.478 e. The fraction of sp³-hybridized carbons (Fsp3) is 0.600. The molecule has 4 nitrogen and oxygen atoms in total. The molecule has 0 radical (unpaired) electrons. The van der Waals surface area contributed by atoms with E-state index in [1.54, 1.807) is 0 Å². The summed E-state index contributed by atoms with van der Waals surface area (Å²) in [7, 11) is 0. The van der Waals surface area contributed by atoms with Gasteiger partial charge in [-0.2, -0.15) is 0 Å². The molecule has 5 heteroatoms. The Morgan fingerprint density at radius 3 is 2.75 bits per heavy atom. The molecule has 0 atom stereocenters. The summed E-state index contributed by atoms with van der Waals surface area (Å²) in [5, 5.41) is 12.6. The monoisotopic (exact) mass is 296 g/mol. The number of hydrogen-bond acceptors (Lipinski definition) is 3. The molecule has 1 fully saturated rings. The number of anilines is 1. The zero-order valence-electron chi connectivity index (χ0n) is 11.7. The van der Waals surface area contributed by atoms with Crippen molar-refractivity contribution in [3.63, 3.8) is 0 Å². The number of halogens is 1. The van der Waals surface area contributed by atoms with Gasteiger partial charge in [0.2, 0.25) is 0 Å². The minimum Gasteiger partial charge on any atom is -0.478 e. The van der Waals surface area contributed by atoms with Crippen LogP contribution in [0, 0.1) is 5.92 Å². The van der Waals surface area contributed by atoms with Gasteiger partial charge in [-0.15, -0.1) is 0 Å². The molecule has 110 valence electrons. The zero-order valence-corrected chi connectivity index (χ0v) is 12.5. The van der Waals surface area contributed by atoms with Crippen molar-refractivity contribution in [2.24, 2.45) is 5.92 Å². The van der Waals surface area contributed by atoms with Gasteiger partial charge < -0.3 is 10.4 Å². The maximum atomic E-state index is 11.0. The molecule has 0 aromatic carbocycles. The third-order valence-corrected chi connectivity index (χ3v) is 4.28. The summed E-state index contributed by atoms with van der Waals surface area (Å²) in [5.74, 6) is 0.434. The van der Waals surface area contributed by atoms with E-state index in [1.807, 2.05) is 0 Å². The number of carboxylic acid groups (broad SMARTS) is 1. The van der Waals surface area contributed by atoms with E-state index >= 15 is 0 Å². The fourth-order valence-electron chi connectivity index (χ4n) is 2.89. The van der Waals surface area contributed by atoms with Crippen molar-refractivity contribution in [3.05, 3.63) is 22.8 Å². The second-order valence-corrected chi connectivity index (χ2v) is 5.91. The lowest BCUT2D eigenvalue weighted by Crippen LogP contribution is -2.26. The highest BCUT2D eigenvalue weighted by atomic mass is 35.5. The van der Waals surface area contributed by atoms with Gasteiger partial charge in [-0.1, -0.05) is 31.4 Å². The Labute approximate surface area is 124 Å². The number of hydrogen-bond donors (Lipinski definition) is 2. The van der Waals surface area contributed by atoms with Crippen LogP contribution in [0.3, 0.4) is 0 Å². The zero-order chi connectivity index (χ0) is 14.5. The van der Waals surface area contributed by atoms with Crippen LogP contribution in [-0.4, -0.2) is 22.1 Å². The van der Waals surface area contributed by atoms with Gasteiger partial charge in [0, 0.05) is 12.2 Å². The topological polar surface area (TPSA) is 62.2 Å². The van der Waals surface area contributed by atoms with Gasteiger partial charge in [0.25, 0.3) is 0 Å². The van der Waals surface area contributed by atoms with E-state index in [9.17, 15) is 4.79 Å². The van der Waals surface area contributed by atoms with E-state index in [0.29, 0.717) is 11.9 Å². The summed E-state index contributed by atoms with van der Waals surface area (Å²) in [6.45, 7) is 2.23. The highest BCUT2D eigenvalue weighted by Gasteiger charge is 2.21. The number of pyridine rings is 1. The number of carboxylic acids is 1. The first kappa shape index (κ1) is 15.1. The second kappa shape index (κ2) is 6.93. The molecule has 0 aliphatic heterocycles. The smallest absolute Gasteiger partial charge is 0.337 e. The maximum absolute atomic E-state index is 11.0. The lowest BCUT2D eigenvalue weighted by molar-refractivity contribution is 0.0697. The molecule has 1 heterocycles. The average molecular weight is 297 g/mol. The molecule has 0 saturated heterocycles. The van der Waals surface area contributed by atoms with Crippen molar-refractivity contribution in [1.29, 1.82) is 0 Å². The second-order valence-electron chi connectivity index (χ2n) is 5.51. The molecule has 0 bridgehead atoms. The normalized spacial score (nSPS) is 22.5. The summed E-state index contributed by atoms with van der Waals surface area (Å²) >= 11 is 5.82. The Balaban J connectivity index is 1.94. The first-order valence-electron chi connectivity index (χ1n) is 7.25. The van der Waals surface area contributed by atoms with Crippen molar-refractivity contribution >= 4 is 23.4 Å². The number of aromatic carboxylic acids is 1. The molecular weight excluding hydrogens is 276 g/mol. The quantitative estimate of drug-likeness (QED) is 0.854. The summed E-state index contributed by atoms with van der Waals surface area (Å²) in [6, 6.07) is 1.90. The van der Waals surface area contributed by atoms with Crippen molar-refractivity contribution < 1.29 is 9.90 Å². The first-order valence-corrected chi connectivity index (χ1v) is 7.63. The van der Waals surface area contributed by atoms with Crippen LogP contribution in [0.2, 0.25) is 5.02 Å². The Bertz CT molecular complexity index is 471. The first-order chi connectivity index (χ1) is 9.60. The molecule has 1 aliphatic rings. The summed E-state index contributed by atoms with van der Waals surface area (Å²) in [5.41, 5.74) is 0.101. The van der Waals surface area contributed by atoms with E-state index in [2.05, 4.69) is 17.2 Å². The molecule has 2 rings (SSSR count). The van der Waals surface area contributed by atoms with E-state index in [4.69, 9.17) is 16.7 Å². The maximum Gasteiger partial charge on any atom is 0.337 e. The summed E-state index contributed by atoms with van der Waals surface area (Å²) < 4.78 is 0. The van der Waals surface area contributed by atoms with E-state index in [0.717, 1.165) is 18.8 Å². The van der Waals surface area contributed by atoms with Crippen LogP contribution >= 0.6 is 11.6 Å². The molecule has 0 spiro atoms. The highest BCUT2D eigenvalue weighted by Crippen LogP contribution is 2.29. The Kier molecular flexibility index (Phi) is 5.24. The molecule has 20 heavy (non-hydrogen) atoms. The van der Waals surface area contributed by atoms with Crippen LogP contribution in [-0.2, 0) is 0 Å². The highest BCUT2D eigenvalue weighted by molar-refractivity contribution is 6.33. The number of carbonyl (C=O) groups is 1. The number of nitrogens with zero attached hydrogens (tertiary/aromatic N) is 1. The van der Waals surface area contributed by atoms with Crippen molar-refractivity contribution in [2.75, 3.05) is 5.32 Å². The summed E-state index contributed by atoms with van der Waals surface area (Å²) in [6.07, 6.45) is 8.69. The molecule has 2 N–H and O–H groups in total. The lowest BCUT2D eigenvalue weighted by atomic mass is 9.83. The van der Waals surface area contributed by atoms with Gasteiger partial charge in [0.05, 0.1) is 10.6 Å². The van der Waals surface area contributed by atoms with Gasteiger partial charge in [-0.3, -0.25) is 0 Å². The lowest BCUT2D eigenvalue weighted by Gasteiger charge is -2.29. The van der Waals surface area contributed by atoms with Gasteiger partial charge in [-0.25, -0.2) is 9.78 Å². The molecule has 0 amide bonds. The van der Waals surface area contributed by atoms with E-state index in [-0.39, 0.29) is 10.6 Å². The number of rotatable bonds is 5. The standard InChI is InChI=1S/C15H21ClN2O2/c1-2-3-10-4-6-11(7-5-10)18-14-8-12(15(19)20)13(16)9-17-14/h8-11H,2-7H2,1H3,(H,17,18)(H,19,20). The predicted molar refractivity (Wildman–Crippen MR) is 80.5 cm³/mol. The van der Waals surface area contributed by atoms with Gasteiger partial charge >= 0.3 is 5.97 Å². The Morgan fingerprint density at radius 1 is 1.45 bits per heavy atom. The third-order valence-electron chi connectivity index (χ3n) is 3.98. The third kappa shape index (κ3) is 3.85. The minimum absolute atomic E-state index is 0.101. The molecular formula is C15H21ClN2O2. The minimum atomic E-state index is -1.02. The van der Waals surface area contributed by atoms with Crippen molar-refractivity contribution in [1.82, 2.24) is 4.98 Å². The van der Waals surface area contributed by atoms with Gasteiger partial charge in [-0.05, 0) is 37.7 Å². The van der Waals surface area contributed by atoms with E-state index in [1.165, 1.54) is 37.9 Å². The van der Waals surface area contributed by atoms with Crippen molar-refractivity contribution in [2.45, 2.75) is 51.5 Å². The Morgan fingerprint density at radius 2 is 2.15 bits per heavy atom. The van der Waals surface area contributed by atoms with Crippen molar-refractivity contribution in [3.8, 4) is 0 Å². The van der Waals surface area contributed by atoms with E-state index < -0.39 is 5.97 Å². The van der Waals surface area contributed by atoms with Crippen LogP contribution in [0.25, 0.3) is 0 Å². The SMILES string of the molecule is CCCC1CCC(Nc2cc(C(=O)O)c(Cl)cn2)CC1. The van der Waals surface area contributed by atoms with Crippen LogP contribution < -0.4 is 5.32 Å². The van der Waals surface area contributed by atoms with Crippen LogP contribution in [0.5, 0.6) is 0 Å². The molecule has 1 saturated carbocycles. The number of nitrogens with one attached hydrogen (secondary N) is 1. The molecule has 1 aliphatic carbocycles. The fourth-order valence-corrected chi connectivity index (χ4v) is 3.08. The van der Waals surface area contributed by atoms with Crippen LogP contribution in [0.1, 0.15) is 55.8 Å². The van der Waals surface area contributed by atoms with Crippen LogP contribution in [0.4, 0.5) is 5.82 Å². The molecule has 1 aromatic rings. The van der Waals surface area contributed by atoms with Crippen LogP contribution in [0.15, 0.2) is 12.3 Å². The molecule has 0 unspecified atom stereocenters. The Hall–Kier alpha value is -1.29. The van der Waals surface area contributed by atoms with Gasteiger partial charge in [0.1, 0.15) is 5.82 Å². The average Bonchev–Trinajstić information content (AvgIpc) is 2.43. The predicted octanol–water partition coefficient (Wildman–Crippen LogP) is 4.20. The summed E-state index contributed by atoms with van der Waals surface area (Å²) in [4.78, 5) is 15.2. The van der Waals surface area contributed by atoms with Gasteiger partial charge in [0.15, 0.2) is 0 Å².